The molecule has 0 bridgehead atoms. The average molecular weight is 430 g/mol. The molecule has 0 saturated heterocycles. The molecule has 32 heavy (non-hydrogen) atoms. The van der Waals surface area contributed by atoms with Gasteiger partial charge in [-0.2, -0.15) is 0 Å². The molecule has 0 radical (unpaired) electrons. The van der Waals surface area contributed by atoms with Gasteiger partial charge in [0, 0.05) is 28.6 Å². The molecule has 0 saturated carbocycles. The summed E-state index contributed by atoms with van der Waals surface area (Å²) in [4.78, 5) is 22.8. The first-order chi connectivity index (χ1) is 15.4. The lowest BCUT2D eigenvalue weighted by atomic mass is 9.99. The van der Waals surface area contributed by atoms with E-state index >= 15 is 0 Å². The maximum atomic E-state index is 11.6. The van der Waals surface area contributed by atoms with Gasteiger partial charge in [0.05, 0.1) is 12.7 Å². The molecule has 1 heterocycles. The van der Waals surface area contributed by atoms with Crippen molar-refractivity contribution in [2.45, 2.75) is 19.6 Å². The zero-order valence-electron chi connectivity index (χ0n) is 17.2. The van der Waals surface area contributed by atoms with Gasteiger partial charge in [-0.25, -0.2) is 0 Å². The third-order valence-corrected chi connectivity index (χ3v) is 5.17. The van der Waals surface area contributed by atoms with E-state index in [0.717, 1.165) is 33.2 Å². The number of primary amides is 1. The predicted octanol–water partition coefficient (Wildman–Crippen LogP) is 3.86. The molecule has 4 aromatic rings. The molecule has 162 valence electrons. The first kappa shape index (κ1) is 21.1. The molecule has 0 unspecified atom stereocenters. The van der Waals surface area contributed by atoms with E-state index in [2.05, 4.69) is 0 Å². The van der Waals surface area contributed by atoms with Crippen molar-refractivity contribution >= 4 is 22.8 Å². The van der Waals surface area contributed by atoms with Crippen molar-refractivity contribution in [1.29, 1.82) is 0 Å². The number of hydrogen-bond donors (Lipinski definition) is 3. The first-order valence-corrected chi connectivity index (χ1v) is 10.0. The van der Waals surface area contributed by atoms with E-state index in [0.29, 0.717) is 17.9 Å². The predicted molar refractivity (Wildman–Crippen MR) is 120 cm³/mol. The van der Waals surface area contributed by atoms with E-state index in [1.54, 1.807) is 12.3 Å². The van der Waals surface area contributed by atoms with Crippen molar-refractivity contribution in [2.75, 3.05) is 0 Å². The van der Waals surface area contributed by atoms with Crippen LogP contribution in [0.4, 0.5) is 0 Å². The number of furan rings is 1. The summed E-state index contributed by atoms with van der Waals surface area (Å²) >= 11 is 0. The number of aliphatic carboxylic acids is 1. The highest BCUT2D eigenvalue weighted by Crippen LogP contribution is 2.32. The second kappa shape index (κ2) is 8.95. The van der Waals surface area contributed by atoms with Gasteiger partial charge in [0.2, 0.25) is 5.91 Å². The highest BCUT2D eigenvalue weighted by molar-refractivity contribution is 5.94. The van der Waals surface area contributed by atoms with Gasteiger partial charge in [-0.1, -0.05) is 24.3 Å². The van der Waals surface area contributed by atoms with Crippen LogP contribution in [0, 0.1) is 0 Å². The third-order valence-electron chi connectivity index (χ3n) is 5.17. The normalized spacial score (nSPS) is 10.9. The van der Waals surface area contributed by atoms with Crippen LogP contribution in [0.2, 0.25) is 0 Å². The van der Waals surface area contributed by atoms with Crippen LogP contribution in [0.15, 0.2) is 71.3 Å². The lowest BCUT2D eigenvalue weighted by molar-refractivity contribution is -0.136. The van der Waals surface area contributed by atoms with Crippen LogP contribution in [0.5, 0.6) is 5.75 Å². The molecule has 1 aromatic heterocycles. The quantitative estimate of drug-likeness (QED) is 0.389. The molecule has 0 fully saturated rings. The fourth-order valence-electron chi connectivity index (χ4n) is 3.62. The molecule has 0 spiro atoms. The Balaban J connectivity index is 1.69. The summed E-state index contributed by atoms with van der Waals surface area (Å²) in [5.41, 5.74) is 16.4. The number of ether oxygens (including phenoxy) is 1. The second-order valence-electron chi connectivity index (χ2n) is 7.43. The van der Waals surface area contributed by atoms with Gasteiger partial charge in [0.1, 0.15) is 17.9 Å². The van der Waals surface area contributed by atoms with Gasteiger partial charge in [-0.3, -0.25) is 9.59 Å². The highest BCUT2D eigenvalue weighted by Gasteiger charge is 2.14. The number of fused-ring (bicyclic) bond motifs is 1. The first-order valence-electron chi connectivity index (χ1n) is 10.0. The Morgan fingerprint density at radius 3 is 2.59 bits per heavy atom. The van der Waals surface area contributed by atoms with E-state index in [1.807, 2.05) is 42.5 Å². The van der Waals surface area contributed by atoms with Crippen molar-refractivity contribution in [1.82, 2.24) is 0 Å². The summed E-state index contributed by atoms with van der Waals surface area (Å²) < 4.78 is 11.7. The minimum absolute atomic E-state index is 0.166. The molecule has 5 N–H and O–H groups in total. The number of carboxylic acid groups (broad SMARTS) is 1. The Labute approximate surface area is 184 Å². The van der Waals surface area contributed by atoms with Gasteiger partial charge >= 0.3 is 5.97 Å². The minimum atomic E-state index is -0.997. The van der Waals surface area contributed by atoms with Crippen LogP contribution in [0.25, 0.3) is 22.1 Å². The summed E-state index contributed by atoms with van der Waals surface area (Å²) in [7, 11) is 0. The number of hydrogen-bond acceptors (Lipinski definition) is 5. The third kappa shape index (κ3) is 4.48. The van der Waals surface area contributed by atoms with Gasteiger partial charge < -0.3 is 25.7 Å². The van der Waals surface area contributed by atoms with E-state index in [4.69, 9.17) is 20.6 Å². The van der Waals surface area contributed by atoms with Gasteiger partial charge in [0.15, 0.2) is 0 Å². The number of rotatable bonds is 8. The molecule has 3 aromatic carbocycles. The van der Waals surface area contributed by atoms with Crippen molar-refractivity contribution in [3.63, 3.8) is 0 Å². The van der Waals surface area contributed by atoms with E-state index in [1.165, 1.54) is 12.1 Å². The Bertz CT molecular complexity index is 1310. The summed E-state index contributed by atoms with van der Waals surface area (Å²) in [6, 6.07) is 18.2. The Morgan fingerprint density at radius 1 is 1.00 bits per heavy atom. The topological polar surface area (TPSA) is 129 Å². The molecule has 7 heteroatoms. The van der Waals surface area contributed by atoms with E-state index < -0.39 is 11.9 Å². The number of amides is 1. The average Bonchev–Trinajstić information content (AvgIpc) is 3.26. The molecule has 1 amide bonds. The Hall–Kier alpha value is -4.10. The van der Waals surface area contributed by atoms with Crippen molar-refractivity contribution in [2.24, 2.45) is 11.5 Å². The Morgan fingerprint density at radius 2 is 1.84 bits per heavy atom. The van der Waals surface area contributed by atoms with E-state index in [9.17, 15) is 14.7 Å². The summed E-state index contributed by atoms with van der Waals surface area (Å²) in [5, 5.41) is 10.1. The number of nitrogens with two attached hydrogens (primary N) is 2. The molecule has 4 rings (SSSR count). The maximum Gasteiger partial charge on any atom is 0.307 e. The number of carbonyl (C=O) groups is 2. The fraction of sp³-hybridized carbons (Fsp3) is 0.120. The van der Waals surface area contributed by atoms with Gasteiger partial charge in [0.25, 0.3) is 0 Å². The number of carbonyl (C=O) groups excluding carboxylic acids is 1. The zero-order chi connectivity index (χ0) is 22.7. The smallest absolute Gasteiger partial charge is 0.307 e. The second-order valence-corrected chi connectivity index (χ2v) is 7.43. The standard InChI is InChI=1S/C25H22N2O5/c26-13-15-2-1-3-17(8-15)21-10-16(9-19-6-7-31-24(19)21)14-32-22-11-20(25(27)30)5-4-18(22)12-23(28)29/h1-11H,12-14,26H2,(H2,27,30)(H,28,29). The lowest BCUT2D eigenvalue weighted by Gasteiger charge is -2.13. The lowest BCUT2D eigenvalue weighted by Crippen LogP contribution is -2.12. The number of carboxylic acids is 1. The molecule has 7 nitrogen and oxygen atoms in total. The Kier molecular flexibility index (Phi) is 5.91. The minimum Gasteiger partial charge on any atom is -0.489 e. The molecular formula is C25H22N2O5. The summed E-state index contributed by atoms with van der Waals surface area (Å²) in [6.07, 6.45) is 1.40. The molecule has 0 aliphatic rings. The summed E-state index contributed by atoms with van der Waals surface area (Å²) in [6.45, 7) is 0.597. The van der Waals surface area contributed by atoms with Crippen molar-refractivity contribution in [3.05, 3.63) is 89.2 Å². The van der Waals surface area contributed by atoms with Crippen LogP contribution in [-0.4, -0.2) is 17.0 Å². The SMILES string of the molecule is NCc1cccc(-c2cc(COc3cc(C(N)=O)ccc3CC(=O)O)cc3ccoc23)c1. The van der Waals surface area contributed by atoms with Crippen molar-refractivity contribution in [3.8, 4) is 16.9 Å². The molecular weight excluding hydrogens is 408 g/mol. The van der Waals surface area contributed by atoms with Crippen LogP contribution < -0.4 is 16.2 Å². The largest absolute Gasteiger partial charge is 0.489 e. The van der Waals surface area contributed by atoms with Gasteiger partial charge in [-0.15, -0.1) is 0 Å². The van der Waals surface area contributed by atoms with Crippen molar-refractivity contribution < 1.29 is 23.8 Å². The molecule has 0 aliphatic heterocycles. The molecule has 0 atom stereocenters. The zero-order valence-corrected chi connectivity index (χ0v) is 17.2. The monoisotopic (exact) mass is 430 g/mol. The molecule has 0 aliphatic carbocycles. The van der Waals surface area contributed by atoms with Crippen LogP contribution in [0.3, 0.4) is 0 Å². The van der Waals surface area contributed by atoms with Crippen LogP contribution in [-0.2, 0) is 24.4 Å². The van der Waals surface area contributed by atoms with Gasteiger partial charge in [-0.05, 0) is 53.1 Å². The van der Waals surface area contributed by atoms with E-state index in [-0.39, 0.29) is 18.6 Å². The van der Waals surface area contributed by atoms with Crippen LogP contribution >= 0.6 is 0 Å². The summed E-state index contributed by atoms with van der Waals surface area (Å²) in [5.74, 6) is -1.30. The maximum absolute atomic E-state index is 11.6. The van der Waals surface area contributed by atoms with Crippen LogP contribution in [0.1, 0.15) is 27.0 Å². The highest BCUT2D eigenvalue weighted by atomic mass is 16.5. The fourth-order valence-corrected chi connectivity index (χ4v) is 3.62. The number of benzene rings is 3.